The highest BCUT2D eigenvalue weighted by atomic mass is 35.5. The third-order valence-corrected chi connectivity index (χ3v) is 3.01. The highest BCUT2D eigenvalue weighted by Crippen LogP contribution is 2.34. The summed E-state index contributed by atoms with van der Waals surface area (Å²) >= 11 is 0. The van der Waals surface area contributed by atoms with Gasteiger partial charge in [-0.2, -0.15) is 8.78 Å². The second-order valence-electron chi connectivity index (χ2n) is 4.29. The van der Waals surface area contributed by atoms with Gasteiger partial charge in [0.1, 0.15) is 11.8 Å². The molecule has 4 nitrogen and oxygen atoms in total. The normalized spacial score (nSPS) is 14.8. The average Bonchev–Trinajstić information content (AvgIpc) is 2.85. The first kappa shape index (κ1) is 16.7. The van der Waals surface area contributed by atoms with E-state index in [1.165, 1.54) is 13.0 Å². The zero-order valence-corrected chi connectivity index (χ0v) is 11.7. The number of halogens is 3. The largest absolute Gasteiger partial charge is 0.493 e. The molecule has 1 aliphatic heterocycles. The Morgan fingerprint density at radius 3 is 2.90 bits per heavy atom. The van der Waals surface area contributed by atoms with Crippen LogP contribution in [-0.2, 0) is 16.0 Å². The first-order chi connectivity index (χ1) is 8.96. The Labute approximate surface area is 121 Å². The fourth-order valence-corrected chi connectivity index (χ4v) is 1.96. The fourth-order valence-electron chi connectivity index (χ4n) is 1.96. The molecule has 0 aromatic heterocycles. The van der Waals surface area contributed by atoms with Crippen molar-refractivity contribution in [1.82, 2.24) is 0 Å². The Bertz CT molecular complexity index is 497. The molecule has 0 radical (unpaired) electrons. The minimum absolute atomic E-state index is 0. The number of nitrogens with two attached hydrogens (primary N) is 1. The van der Waals surface area contributed by atoms with E-state index < -0.39 is 17.9 Å². The van der Waals surface area contributed by atoms with E-state index in [4.69, 9.17) is 10.5 Å². The van der Waals surface area contributed by atoms with E-state index in [0.29, 0.717) is 18.8 Å². The van der Waals surface area contributed by atoms with Crippen molar-refractivity contribution in [3.8, 4) is 5.75 Å². The fraction of sp³-hybridized carbons (Fsp3) is 0.462. The lowest BCUT2D eigenvalue weighted by Gasteiger charge is -2.22. The molecule has 1 aliphatic rings. The number of hydrogen-bond donors (Lipinski definition) is 1. The number of hydrogen-bond acceptors (Lipinski definition) is 4. The van der Waals surface area contributed by atoms with Crippen molar-refractivity contribution in [3.63, 3.8) is 0 Å². The van der Waals surface area contributed by atoms with E-state index >= 15 is 0 Å². The van der Waals surface area contributed by atoms with E-state index in [1.54, 1.807) is 12.1 Å². The molecule has 1 aromatic carbocycles. The maximum Gasteiger partial charge on any atom is 0.379 e. The molecule has 0 unspecified atom stereocenters. The lowest BCUT2D eigenvalue weighted by Crippen LogP contribution is -2.41. The van der Waals surface area contributed by atoms with Gasteiger partial charge in [0.05, 0.1) is 13.2 Å². The first-order valence-electron chi connectivity index (χ1n) is 6.03. The molecule has 0 fully saturated rings. The highest BCUT2D eigenvalue weighted by molar-refractivity contribution is 5.85. The predicted octanol–water partition coefficient (Wildman–Crippen LogP) is 2.24. The number of benzene rings is 1. The number of carbonyl (C=O) groups excluding carboxylic acids is 1. The molecule has 1 atom stereocenters. The van der Waals surface area contributed by atoms with Gasteiger partial charge < -0.3 is 15.2 Å². The third-order valence-electron chi connectivity index (χ3n) is 3.01. The van der Waals surface area contributed by atoms with Crippen molar-refractivity contribution >= 4 is 18.4 Å². The zero-order valence-electron chi connectivity index (χ0n) is 10.9. The SMILES string of the molecule is CCOC(=O)C(F)(F)[C@H](N)c1ccc2c(c1)CCO2.Cl. The molecule has 0 saturated carbocycles. The van der Waals surface area contributed by atoms with Crippen LogP contribution in [0, 0.1) is 0 Å². The van der Waals surface area contributed by atoms with Crippen LogP contribution in [-0.4, -0.2) is 25.1 Å². The van der Waals surface area contributed by atoms with Gasteiger partial charge in [0.15, 0.2) is 0 Å². The quantitative estimate of drug-likeness (QED) is 0.867. The van der Waals surface area contributed by atoms with Crippen LogP contribution in [0.25, 0.3) is 0 Å². The summed E-state index contributed by atoms with van der Waals surface area (Å²) in [4.78, 5) is 11.2. The maximum atomic E-state index is 13.8. The van der Waals surface area contributed by atoms with Crippen LogP contribution >= 0.6 is 12.4 Å². The summed E-state index contributed by atoms with van der Waals surface area (Å²) < 4.78 is 37.2. The molecule has 7 heteroatoms. The van der Waals surface area contributed by atoms with Gasteiger partial charge in [0, 0.05) is 6.42 Å². The molecular formula is C13H16ClF2NO3. The Hall–Kier alpha value is -1.40. The van der Waals surface area contributed by atoms with Crippen molar-refractivity contribution in [2.24, 2.45) is 5.73 Å². The Kier molecular flexibility index (Phi) is 5.30. The minimum Gasteiger partial charge on any atom is -0.493 e. The monoisotopic (exact) mass is 307 g/mol. The van der Waals surface area contributed by atoms with Crippen LogP contribution in [0.3, 0.4) is 0 Å². The molecule has 20 heavy (non-hydrogen) atoms. The second-order valence-corrected chi connectivity index (χ2v) is 4.29. The summed E-state index contributed by atoms with van der Waals surface area (Å²) in [6.07, 6.45) is 0.654. The molecule has 0 bridgehead atoms. The summed E-state index contributed by atoms with van der Waals surface area (Å²) in [5.41, 5.74) is 6.53. The van der Waals surface area contributed by atoms with Gasteiger partial charge in [-0.3, -0.25) is 0 Å². The lowest BCUT2D eigenvalue weighted by atomic mass is 9.98. The van der Waals surface area contributed by atoms with Gasteiger partial charge in [0.2, 0.25) is 0 Å². The minimum atomic E-state index is -3.75. The van der Waals surface area contributed by atoms with Crippen molar-refractivity contribution in [3.05, 3.63) is 29.3 Å². The van der Waals surface area contributed by atoms with Crippen LogP contribution in [0.1, 0.15) is 24.1 Å². The number of esters is 1. The topological polar surface area (TPSA) is 61.5 Å². The molecule has 0 saturated heterocycles. The van der Waals surface area contributed by atoms with Crippen LogP contribution in [0.2, 0.25) is 0 Å². The molecular weight excluding hydrogens is 292 g/mol. The van der Waals surface area contributed by atoms with E-state index in [-0.39, 0.29) is 24.6 Å². The van der Waals surface area contributed by atoms with Crippen molar-refractivity contribution in [2.45, 2.75) is 25.3 Å². The molecule has 0 amide bonds. The summed E-state index contributed by atoms with van der Waals surface area (Å²) in [6, 6.07) is 2.87. The van der Waals surface area contributed by atoms with Gasteiger partial charge in [-0.25, -0.2) is 4.79 Å². The number of rotatable bonds is 4. The van der Waals surface area contributed by atoms with Crippen LogP contribution in [0.5, 0.6) is 5.75 Å². The maximum absolute atomic E-state index is 13.8. The van der Waals surface area contributed by atoms with Crippen molar-refractivity contribution < 1.29 is 23.0 Å². The second kappa shape index (κ2) is 6.37. The van der Waals surface area contributed by atoms with E-state index in [1.807, 2.05) is 0 Å². The Balaban J connectivity index is 0.00000200. The molecule has 0 aliphatic carbocycles. The van der Waals surface area contributed by atoms with Gasteiger partial charge in [-0.1, -0.05) is 12.1 Å². The van der Waals surface area contributed by atoms with Crippen LogP contribution in [0.4, 0.5) is 8.78 Å². The molecule has 1 heterocycles. The van der Waals surface area contributed by atoms with Crippen molar-refractivity contribution in [2.75, 3.05) is 13.2 Å². The Morgan fingerprint density at radius 2 is 2.25 bits per heavy atom. The molecule has 0 spiro atoms. The standard InChI is InChI=1S/C13H15F2NO3.ClH/c1-2-18-12(17)13(14,15)11(16)9-3-4-10-8(7-9)5-6-19-10;/h3-4,7,11H,2,5-6,16H2,1H3;1H/t11-;/m1./s1. The first-order valence-corrected chi connectivity index (χ1v) is 6.03. The molecule has 112 valence electrons. The van der Waals surface area contributed by atoms with Gasteiger partial charge in [-0.05, 0) is 24.1 Å². The zero-order chi connectivity index (χ0) is 14.0. The predicted molar refractivity (Wildman–Crippen MR) is 71.4 cm³/mol. The summed E-state index contributed by atoms with van der Waals surface area (Å²) in [7, 11) is 0. The number of alkyl halides is 2. The summed E-state index contributed by atoms with van der Waals surface area (Å²) in [5.74, 6) is -4.67. The van der Waals surface area contributed by atoms with Gasteiger partial charge in [0.25, 0.3) is 0 Å². The third kappa shape index (κ3) is 3.02. The smallest absolute Gasteiger partial charge is 0.379 e. The number of ether oxygens (including phenoxy) is 2. The van der Waals surface area contributed by atoms with E-state index in [9.17, 15) is 13.6 Å². The molecule has 2 rings (SSSR count). The van der Waals surface area contributed by atoms with Crippen molar-refractivity contribution in [1.29, 1.82) is 0 Å². The molecule has 1 aromatic rings. The Morgan fingerprint density at radius 1 is 1.55 bits per heavy atom. The lowest BCUT2D eigenvalue weighted by molar-refractivity contribution is -0.174. The van der Waals surface area contributed by atoms with Crippen LogP contribution < -0.4 is 10.5 Å². The molecule has 2 N–H and O–H groups in total. The average molecular weight is 308 g/mol. The van der Waals surface area contributed by atoms with Gasteiger partial charge in [-0.15, -0.1) is 12.4 Å². The van der Waals surface area contributed by atoms with E-state index in [2.05, 4.69) is 4.74 Å². The summed E-state index contributed by atoms with van der Waals surface area (Å²) in [5, 5.41) is 0. The highest BCUT2D eigenvalue weighted by Gasteiger charge is 2.47. The number of fused-ring (bicyclic) bond motifs is 1. The van der Waals surface area contributed by atoms with Crippen LogP contribution in [0.15, 0.2) is 18.2 Å². The van der Waals surface area contributed by atoms with Gasteiger partial charge >= 0.3 is 11.9 Å². The summed E-state index contributed by atoms with van der Waals surface area (Å²) in [6.45, 7) is 1.88. The van der Waals surface area contributed by atoms with E-state index in [0.717, 1.165) is 5.56 Å². The number of carbonyl (C=O) groups is 1.